The zero-order valence-corrected chi connectivity index (χ0v) is 10.6. The van der Waals surface area contributed by atoms with E-state index in [9.17, 15) is 23.3 Å². The summed E-state index contributed by atoms with van der Waals surface area (Å²) in [5.41, 5.74) is -0.880. The summed E-state index contributed by atoms with van der Waals surface area (Å²) in [5.74, 6) is 0.986. The Morgan fingerprint density at radius 3 is 1.95 bits per heavy atom. The first kappa shape index (κ1) is 14.8. The molecule has 0 radical (unpaired) electrons. The monoisotopic (exact) mass is 297 g/mol. The van der Waals surface area contributed by atoms with Crippen LogP contribution in [-0.4, -0.2) is 4.92 Å². The molecule has 2 aliphatic rings. The Morgan fingerprint density at radius 1 is 1.05 bits per heavy atom. The molecule has 2 aromatic rings. The number of ether oxygens (including phenoxy) is 1. The van der Waals surface area contributed by atoms with Crippen LogP contribution in [0.5, 0.6) is 5.75 Å². The van der Waals surface area contributed by atoms with E-state index in [1.807, 2.05) is 12.1 Å². The summed E-state index contributed by atoms with van der Waals surface area (Å²) in [6.07, 6.45) is -4.68. The normalized spacial score (nSPS) is 12.1. The summed E-state index contributed by atoms with van der Waals surface area (Å²) in [6, 6.07) is 11.9. The predicted octanol–water partition coefficient (Wildman–Crippen LogP) is 4.19. The third kappa shape index (κ3) is 3.71. The molecule has 4 nitrogen and oxygen atoms in total. The lowest BCUT2D eigenvalue weighted by Crippen LogP contribution is -2.08. The molecule has 0 fully saturated rings. The van der Waals surface area contributed by atoms with E-state index >= 15 is 0 Å². The van der Waals surface area contributed by atoms with Gasteiger partial charge in [-0.2, -0.15) is 13.2 Å². The van der Waals surface area contributed by atoms with Gasteiger partial charge in [0.2, 0.25) is 0 Å². The highest BCUT2D eigenvalue weighted by Gasteiger charge is 2.37. The maximum atomic E-state index is 12.1. The van der Waals surface area contributed by atoms with Crippen molar-refractivity contribution >= 4 is 5.69 Å². The van der Waals surface area contributed by atoms with Crippen molar-refractivity contribution in [1.82, 2.24) is 0 Å². The zero-order chi connectivity index (χ0) is 15.5. The van der Waals surface area contributed by atoms with Crippen molar-refractivity contribution in [3.8, 4) is 5.75 Å². The molecule has 7 heteroatoms. The van der Waals surface area contributed by atoms with E-state index in [2.05, 4.69) is 12.1 Å². The van der Waals surface area contributed by atoms with Crippen LogP contribution in [0.3, 0.4) is 0 Å². The molecule has 2 aliphatic heterocycles. The average Bonchev–Trinajstić information content (AvgIpc) is 2.49. The first-order valence-corrected chi connectivity index (χ1v) is 5.90. The van der Waals surface area contributed by atoms with Crippen LogP contribution in [0.1, 0.15) is 11.1 Å². The summed E-state index contributed by atoms with van der Waals surface area (Å²) in [5, 5.41) is 10.2. The predicted molar refractivity (Wildman–Crippen MR) is 68.9 cm³/mol. The van der Waals surface area contributed by atoms with Crippen LogP contribution in [0.4, 0.5) is 18.9 Å². The average molecular weight is 297 g/mol. The van der Waals surface area contributed by atoms with Crippen molar-refractivity contribution < 1.29 is 22.8 Å². The van der Waals surface area contributed by atoms with Gasteiger partial charge in [-0.25, -0.2) is 0 Å². The Bertz CT molecular complexity index is 616. The van der Waals surface area contributed by atoms with E-state index in [4.69, 9.17) is 4.74 Å². The van der Waals surface area contributed by atoms with Gasteiger partial charge in [0.25, 0.3) is 5.69 Å². The maximum Gasteiger partial charge on any atom is 0.422 e. The summed E-state index contributed by atoms with van der Waals surface area (Å²) in [7, 11) is 0. The smallest absolute Gasteiger partial charge is 0.422 e. The van der Waals surface area contributed by atoms with Gasteiger partial charge in [0.1, 0.15) is 17.9 Å². The molecule has 0 unspecified atom stereocenters. The van der Waals surface area contributed by atoms with Gasteiger partial charge in [-0.05, 0) is 23.8 Å². The highest BCUT2D eigenvalue weighted by Crippen LogP contribution is 2.35. The van der Waals surface area contributed by atoms with Crippen LogP contribution < -0.4 is 4.74 Å². The Morgan fingerprint density at radius 2 is 1.67 bits per heavy atom. The Balaban J connectivity index is 0.000000170. The minimum Gasteiger partial charge on any atom is -0.489 e. The Labute approximate surface area is 117 Å². The van der Waals surface area contributed by atoms with Gasteiger partial charge in [0.05, 0.1) is 4.92 Å². The lowest BCUT2D eigenvalue weighted by Gasteiger charge is -2.11. The fourth-order valence-electron chi connectivity index (χ4n) is 1.72. The van der Waals surface area contributed by atoms with Crippen LogP contribution in [0.15, 0.2) is 48.5 Å². The molecule has 0 spiro atoms. The van der Waals surface area contributed by atoms with E-state index in [0.29, 0.717) is 6.07 Å². The standard InChI is InChI=1S/C7H4F3NO2.C7H6O/c8-7(9,10)5-3-1-2-4-6(5)11(12)13;1-3-7-4-2-6(1)5-8-7/h1-4H;1-4H,5H2. The van der Waals surface area contributed by atoms with Crippen LogP contribution in [0, 0.1) is 10.1 Å². The van der Waals surface area contributed by atoms with Gasteiger partial charge < -0.3 is 4.74 Å². The van der Waals surface area contributed by atoms with Gasteiger partial charge in [-0.1, -0.05) is 24.3 Å². The number of halogens is 3. The van der Waals surface area contributed by atoms with E-state index in [1.54, 1.807) is 0 Å². The van der Waals surface area contributed by atoms with Crippen molar-refractivity contribution in [3.05, 3.63) is 69.8 Å². The van der Waals surface area contributed by atoms with Crippen LogP contribution >= 0.6 is 0 Å². The highest BCUT2D eigenvalue weighted by molar-refractivity contribution is 5.41. The fourth-order valence-corrected chi connectivity index (χ4v) is 1.72. The van der Waals surface area contributed by atoms with Crippen LogP contribution in [-0.2, 0) is 12.8 Å². The largest absolute Gasteiger partial charge is 0.489 e. The lowest BCUT2D eigenvalue weighted by atomic mass is 10.2. The molecule has 2 aromatic carbocycles. The van der Waals surface area contributed by atoms with Crippen molar-refractivity contribution in [2.75, 3.05) is 0 Å². The molecular formula is C14H10F3NO3. The number of fused-ring (bicyclic) bond motifs is 3. The second-order valence-electron chi connectivity index (χ2n) is 4.20. The van der Waals surface area contributed by atoms with Crippen molar-refractivity contribution in [2.24, 2.45) is 0 Å². The number of para-hydroxylation sites is 1. The first-order chi connectivity index (χ1) is 9.88. The van der Waals surface area contributed by atoms with E-state index in [0.717, 1.165) is 24.5 Å². The summed E-state index contributed by atoms with van der Waals surface area (Å²) < 4.78 is 41.5. The minimum absolute atomic E-state index is 0.679. The Hall–Kier alpha value is -2.57. The van der Waals surface area contributed by atoms with Crippen LogP contribution in [0.2, 0.25) is 0 Å². The second kappa shape index (κ2) is 5.82. The molecule has 0 N–H and O–H groups in total. The van der Waals surface area contributed by atoms with Gasteiger partial charge >= 0.3 is 6.18 Å². The molecule has 4 rings (SSSR count). The molecule has 0 aromatic heterocycles. The lowest BCUT2D eigenvalue weighted by molar-refractivity contribution is -0.388. The number of benzene rings is 2. The topological polar surface area (TPSA) is 52.4 Å². The fraction of sp³-hybridized carbons (Fsp3) is 0.143. The van der Waals surface area contributed by atoms with Crippen molar-refractivity contribution in [2.45, 2.75) is 12.8 Å². The number of rotatable bonds is 1. The number of nitrogens with zero attached hydrogens (tertiary/aromatic N) is 1. The van der Waals surface area contributed by atoms with Gasteiger partial charge in [-0.15, -0.1) is 0 Å². The minimum atomic E-state index is -4.68. The zero-order valence-electron chi connectivity index (χ0n) is 10.6. The van der Waals surface area contributed by atoms with Crippen molar-refractivity contribution in [1.29, 1.82) is 0 Å². The molecule has 0 saturated heterocycles. The van der Waals surface area contributed by atoms with Crippen LogP contribution in [0.25, 0.3) is 0 Å². The van der Waals surface area contributed by atoms with Gasteiger partial charge in [0.15, 0.2) is 0 Å². The summed E-state index contributed by atoms with van der Waals surface area (Å²) in [6.45, 7) is 0.766. The molecular weight excluding hydrogens is 287 g/mol. The molecule has 2 bridgehead atoms. The number of nitro benzene ring substituents is 1. The quantitative estimate of drug-likeness (QED) is 0.585. The van der Waals surface area contributed by atoms with Gasteiger partial charge in [-0.3, -0.25) is 10.1 Å². The van der Waals surface area contributed by atoms with E-state index < -0.39 is 22.4 Å². The molecule has 110 valence electrons. The Kier molecular flexibility index (Phi) is 4.11. The number of hydrogen-bond acceptors (Lipinski definition) is 3. The molecule has 2 heterocycles. The van der Waals surface area contributed by atoms with E-state index in [1.165, 1.54) is 11.6 Å². The van der Waals surface area contributed by atoms with Crippen molar-refractivity contribution in [3.63, 3.8) is 0 Å². The molecule has 21 heavy (non-hydrogen) atoms. The van der Waals surface area contributed by atoms with Gasteiger partial charge in [0, 0.05) is 6.07 Å². The molecule has 0 aliphatic carbocycles. The second-order valence-corrected chi connectivity index (χ2v) is 4.20. The first-order valence-electron chi connectivity index (χ1n) is 5.90. The third-order valence-corrected chi connectivity index (χ3v) is 2.74. The summed E-state index contributed by atoms with van der Waals surface area (Å²) >= 11 is 0. The number of hydrogen-bond donors (Lipinski definition) is 0. The third-order valence-electron chi connectivity index (χ3n) is 2.74. The van der Waals surface area contributed by atoms with E-state index in [-0.39, 0.29) is 0 Å². The molecule has 0 amide bonds. The number of alkyl halides is 3. The SMILES string of the molecule is O=[N+]([O-])c1ccccc1C(F)(F)F.c1cc2ccc1CO2. The summed E-state index contributed by atoms with van der Waals surface area (Å²) in [4.78, 5) is 9.12. The maximum absolute atomic E-state index is 12.1. The molecule has 0 atom stereocenters. The molecule has 0 saturated carbocycles. The number of nitro groups is 1. The highest BCUT2D eigenvalue weighted by atomic mass is 19.4.